The third kappa shape index (κ3) is 6.37. The largest absolute Gasteiger partial charge is 0.497 e. The average Bonchev–Trinajstić information content (AvgIpc) is 3.26. The number of amides is 2. The van der Waals surface area contributed by atoms with Gasteiger partial charge < -0.3 is 10.1 Å². The van der Waals surface area contributed by atoms with E-state index < -0.39 is 0 Å². The van der Waals surface area contributed by atoms with Gasteiger partial charge in [-0.25, -0.2) is 0 Å². The van der Waals surface area contributed by atoms with E-state index in [0.717, 1.165) is 36.4 Å². The maximum absolute atomic E-state index is 12.7. The molecule has 0 atom stereocenters. The van der Waals surface area contributed by atoms with Gasteiger partial charge in [-0.05, 0) is 55.2 Å². The van der Waals surface area contributed by atoms with Gasteiger partial charge in [-0.1, -0.05) is 43.4 Å². The van der Waals surface area contributed by atoms with Crippen molar-refractivity contribution in [3.8, 4) is 5.75 Å². The summed E-state index contributed by atoms with van der Waals surface area (Å²) in [4.78, 5) is 25.0. The standard InChI is InChI=1S/C24H28N4O3S/c1-4-17(5-2)22(29)25-19-8-6-7-18(15-19)23(30)26-24-28-27-21(32-24)14-11-16-9-12-20(31-3)13-10-16/h6-10,12-13,15,17H,4-5,11,14H2,1-3H3,(H,25,29)(H,26,28,30). The predicted molar refractivity (Wildman–Crippen MR) is 127 cm³/mol. The number of aryl methyl sites for hydroxylation is 2. The number of methoxy groups -OCH3 is 1. The summed E-state index contributed by atoms with van der Waals surface area (Å²) in [5.74, 6) is 0.471. The molecule has 0 aliphatic carbocycles. The molecule has 3 aromatic rings. The highest BCUT2D eigenvalue weighted by molar-refractivity contribution is 7.15. The zero-order valence-electron chi connectivity index (χ0n) is 18.6. The minimum absolute atomic E-state index is 0.0295. The van der Waals surface area contributed by atoms with E-state index in [1.807, 2.05) is 38.1 Å². The minimum Gasteiger partial charge on any atom is -0.497 e. The number of nitrogens with one attached hydrogen (secondary N) is 2. The summed E-state index contributed by atoms with van der Waals surface area (Å²) >= 11 is 1.36. The van der Waals surface area contributed by atoms with Gasteiger partial charge in [0.2, 0.25) is 11.0 Å². The number of hydrogen-bond donors (Lipinski definition) is 2. The van der Waals surface area contributed by atoms with Crippen molar-refractivity contribution in [2.75, 3.05) is 17.7 Å². The zero-order valence-corrected chi connectivity index (χ0v) is 19.4. The second kappa shape index (κ2) is 11.4. The number of benzene rings is 2. The molecule has 0 saturated carbocycles. The summed E-state index contributed by atoms with van der Waals surface area (Å²) in [5.41, 5.74) is 2.23. The molecular formula is C24H28N4O3S. The molecule has 3 rings (SSSR count). The smallest absolute Gasteiger partial charge is 0.257 e. The Bertz CT molecular complexity index is 1050. The number of ether oxygens (including phenoxy) is 1. The van der Waals surface area contributed by atoms with Crippen molar-refractivity contribution in [1.82, 2.24) is 10.2 Å². The molecule has 32 heavy (non-hydrogen) atoms. The van der Waals surface area contributed by atoms with Crippen molar-refractivity contribution in [2.45, 2.75) is 39.5 Å². The van der Waals surface area contributed by atoms with Crippen LogP contribution in [0.25, 0.3) is 0 Å². The highest BCUT2D eigenvalue weighted by Gasteiger charge is 2.15. The van der Waals surface area contributed by atoms with Gasteiger partial charge in [0.05, 0.1) is 7.11 Å². The monoisotopic (exact) mass is 452 g/mol. The molecular weight excluding hydrogens is 424 g/mol. The SMILES string of the molecule is CCC(CC)C(=O)Nc1cccc(C(=O)Nc2nnc(CCc3ccc(OC)cc3)s2)c1. The number of rotatable bonds is 10. The molecule has 0 aliphatic heterocycles. The lowest BCUT2D eigenvalue weighted by Crippen LogP contribution is -2.22. The number of aromatic nitrogens is 2. The Morgan fingerprint density at radius 1 is 1.00 bits per heavy atom. The lowest BCUT2D eigenvalue weighted by Gasteiger charge is -2.13. The Hall–Kier alpha value is -3.26. The summed E-state index contributed by atoms with van der Waals surface area (Å²) in [5, 5.41) is 15.3. The van der Waals surface area contributed by atoms with Crippen molar-refractivity contribution in [3.63, 3.8) is 0 Å². The Morgan fingerprint density at radius 3 is 2.44 bits per heavy atom. The molecule has 7 nitrogen and oxygen atoms in total. The Morgan fingerprint density at radius 2 is 1.75 bits per heavy atom. The van der Waals surface area contributed by atoms with E-state index in [2.05, 4.69) is 20.8 Å². The van der Waals surface area contributed by atoms with Crippen LogP contribution in [0.3, 0.4) is 0 Å². The summed E-state index contributed by atoms with van der Waals surface area (Å²) in [7, 11) is 1.65. The van der Waals surface area contributed by atoms with Crippen LogP contribution in [0.1, 0.15) is 47.6 Å². The first kappa shape index (κ1) is 23.4. The van der Waals surface area contributed by atoms with Crippen LogP contribution in [0.15, 0.2) is 48.5 Å². The van der Waals surface area contributed by atoms with E-state index in [0.29, 0.717) is 16.4 Å². The molecule has 2 aromatic carbocycles. The van der Waals surface area contributed by atoms with Crippen LogP contribution in [0.5, 0.6) is 5.75 Å². The van der Waals surface area contributed by atoms with Gasteiger partial charge in [-0.3, -0.25) is 14.9 Å². The molecule has 168 valence electrons. The van der Waals surface area contributed by atoms with Gasteiger partial charge in [-0.2, -0.15) is 0 Å². The van der Waals surface area contributed by atoms with Crippen LogP contribution in [0, 0.1) is 5.92 Å². The van der Waals surface area contributed by atoms with Crippen molar-refractivity contribution >= 4 is 34.0 Å². The first-order valence-corrected chi connectivity index (χ1v) is 11.5. The van der Waals surface area contributed by atoms with E-state index in [9.17, 15) is 9.59 Å². The molecule has 0 fully saturated rings. The first-order chi connectivity index (χ1) is 15.5. The van der Waals surface area contributed by atoms with Gasteiger partial charge in [0.15, 0.2) is 0 Å². The molecule has 1 aromatic heterocycles. The van der Waals surface area contributed by atoms with E-state index in [4.69, 9.17) is 4.74 Å². The van der Waals surface area contributed by atoms with E-state index >= 15 is 0 Å². The molecule has 0 saturated heterocycles. The second-order valence-electron chi connectivity index (χ2n) is 7.39. The van der Waals surface area contributed by atoms with Gasteiger partial charge >= 0.3 is 0 Å². The van der Waals surface area contributed by atoms with Gasteiger partial charge in [-0.15, -0.1) is 10.2 Å². The topological polar surface area (TPSA) is 93.2 Å². The molecule has 0 spiro atoms. The number of carbonyl (C=O) groups excluding carboxylic acids is 2. The Labute approximate surface area is 192 Å². The fourth-order valence-corrected chi connectivity index (χ4v) is 3.99. The lowest BCUT2D eigenvalue weighted by molar-refractivity contribution is -0.120. The van der Waals surface area contributed by atoms with E-state index in [1.165, 1.54) is 16.9 Å². The summed E-state index contributed by atoms with van der Waals surface area (Å²) in [6, 6.07) is 14.8. The number of hydrogen-bond acceptors (Lipinski definition) is 6. The van der Waals surface area contributed by atoms with Gasteiger partial charge in [0, 0.05) is 23.6 Å². The number of anilines is 2. The predicted octanol–water partition coefficient (Wildman–Crippen LogP) is 4.96. The van der Waals surface area contributed by atoms with Crippen molar-refractivity contribution < 1.29 is 14.3 Å². The Balaban J connectivity index is 1.56. The molecule has 2 N–H and O–H groups in total. The lowest BCUT2D eigenvalue weighted by atomic mass is 10.0. The summed E-state index contributed by atoms with van der Waals surface area (Å²) in [6.07, 6.45) is 3.11. The molecule has 1 heterocycles. The van der Waals surface area contributed by atoms with E-state index in [1.54, 1.807) is 31.4 Å². The number of nitrogens with zero attached hydrogens (tertiary/aromatic N) is 2. The van der Waals surface area contributed by atoms with Crippen molar-refractivity contribution in [3.05, 3.63) is 64.7 Å². The maximum atomic E-state index is 12.7. The quantitative estimate of drug-likeness (QED) is 0.454. The van der Waals surface area contributed by atoms with Crippen LogP contribution >= 0.6 is 11.3 Å². The molecule has 0 aliphatic rings. The second-order valence-corrected chi connectivity index (χ2v) is 8.45. The van der Waals surface area contributed by atoms with Crippen LogP contribution in [-0.2, 0) is 17.6 Å². The van der Waals surface area contributed by atoms with Crippen molar-refractivity contribution in [1.29, 1.82) is 0 Å². The highest BCUT2D eigenvalue weighted by Crippen LogP contribution is 2.20. The fourth-order valence-electron chi connectivity index (χ4n) is 3.26. The van der Waals surface area contributed by atoms with Crippen LogP contribution in [0.2, 0.25) is 0 Å². The molecule has 0 unspecified atom stereocenters. The molecule has 2 amide bonds. The third-order valence-corrected chi connectivity index (χ3v) is 6.12. The summed E-state index contributed by atoms with van der Waals surface area (Å²) < 4.78 is 5.17. The van der Waals surface area contributed by atoms with Crippen molar-refractivity contribution in [2.24, 2.45) is 5.92 Å². The van der Waals surface area contributed by atoms with Crippen LogP contribution < -0.4 is 15.4 Å². The van der Waals surface area contributed by atoms with Gasteiger partial charge in [0.25, 0.3) is 5.91 Å². The normalized spacial score (nSPS) is 10.8. The molecule has 0 bridgehead atoms. The highest BCUT2D eigenvalue weighted by atomic mass is 32.1. The average molecular weight is 453 g/mol. The minimum atomic E-state index is -0.290. The zero-order chi connectivity index (χ0) is 22.9. The fraction of sp³-hybridized carbons (Fsp3) is 0.333. The van der Waals surface area contributed by atoms with Gasteiger partial charge in [0.1, 0.15) is 10.8 Å². The number of carbonyl (C=O) groups is 2. The maximum Gasteiger partial charge on any atom is 0.257 e. The van der Waals surface area contributed by atoms with E-state index in [-0.39, 0.29) is 17.7 Å². The molecule has 0 radical (unpaired) electrons. The van der Waals surface area contributed by atoms with Crippen LogP contribution in [0.4, 0.5) is 10.8 Å². The van der Waals surface area contributed by atoms with Crippen LogP contribution in [-0.4, -0.2) is 29.1 Å². The summed E-state index contributed by atoms with van der Waals surface area (Å²) in [6.45, 7) is 3.98. The Kier molecular flexibility index (Phi) is 8.33. The molecule has 8 heteroatoms. The third-order valence-electron chi connectivity index (χ3n) is 5.22. The first-order valence-electron chi connectivity index (χ1n) is 10.7.